The summed E-state index contributed by atoms with van der Waals surface area (Å²) < 4.78 is 17.6. The number of nitrogens with one attached hydrogen (secondary N) is 1. The molecule has 3 heteroatoms. The molecule has 2 nitrogen and oxygen atoms in total. The summed E-state index contributed by atoms with van der Waals surface area (Å²) in [6.07, 6.45) is 0.923. The van der Waals surface area contributed by atoms with Gasteiger partial charge in [0.15, 0.2) is 0 Å². The Hall–Kier alpha value is -1.25. The Balaban J connectivity index is 2.20. The third kappa shape index (κ3) is 1.97. The molecule has 76 valence electrons. The molecule has 1 N–H and O–H groups in total. The highest BCUT2D eigenvalue weighted by Crippen LogP contribution is 2.26. The second-order valence-corrected chi connectivity index (χ2v) is 3.51. The van der Waals surface area contributed by atoms with E-state index < -0.39 is 6.36 Å². The molecule has 0 amide bonds. The Kier molecular flexibility index (Phi) is 2.57. The van der Waals surface area contributed by atoms with Gasteiger partial charge in [0.05, 0.1) is 0 Å². The lowest BCUT2D eigenvalue weighted by Gasteiger charge is -2.18. The molecule has 1 heterocycles. The minimum Gasteiger partial charge on any atom is -0.461 e. The van der Waals surface area contributed by atoms with Crippen molar-refractivity contribution in [3.63, 3.8) is 0 Å². The Morgan fingerprint density at radius 2 is 2.36 bits per heavy atom. The van der Waals surface area contributed by atoms with E-state index in [1.54, 1.807) is 6.07 Å². The molecule has 1 unspecified atom stereocenters. The monoisotopic (exact) mass is 195 g/mol. The van der Waals surface area contributed by atoms with Gasteiger partial charge in [0.2, 0.25) is 6.36 Å². The lowest BCUT2D eigenvalue weighted by Crippen LogP contribution is -2.12. The van der Waals surface area contributed by atoms with Crippen molar-refractivity contribution in [2.24, 2.45) is 0 Å². The van der Waals surface area contributed by atoms with Crippen LogP contribution in [-0.4, -0.2) is 12.9 Å². The molecule has 1 aliphatic rings. The molecule has 1 aromatic carbocycles. The van der Waals surface area contributed by atoms with E-state index in [-0.39, 0.29) is 0 Å². The van der Waals surface area contributed by atoms with Crippen molar-refractivity contribution >= 4 is 5.69 Å². The fourth-order valence-corrected chi connectivity index (χ4v) is 1.71. The average molecular weight is 195 g/mol. The fourth-order valence-electron chi connectivity index (χ4n) is 1.71. The van der Waals surface area contributed by atoms with Gasteiger partial charge in [-0.05, 0) is 36.6 Å². The van der Waals surface area contributed by atoms with Crippen LogP contribution in [0, 0.1) is 0 Å². The molecule has 14 heavy (non-hydrogen) atoms. The molecule has 1 atom stereocenters. The SMILES string of the molecule is CC(F)Oc1ccc2c(c1)CCCN2. The third-order valence-electron chi connectivity index (χ3n) is 2.31. The second-order valence-electron chi connectivity index (χ2n) is 3.51. The minimum absolute atomic E-state index is 0.613. The van der Waals surface area contributed by atoms with Crippen molar-refractivity contribution in [3.8, 4) is 5.75 Å². The highest BCUT2D eigenvalue weighted by atomic mass is 19.1. The average Bonchev–Trinajstić information content (AvgIpc) is 2.17. The minimum atomic E-state index is -1.25. The standard InChI is InChI=1S/C11H14FNO/c1-8(12)14-10-4-5-11-9(7-10)3-2-6-13-11/h4-5,7-8,13H,2-3,6H2,1H3. The van der Waals surface area contributed by atoms with Crippen LogP contribution >= 0.6 is 0 Å². The van der Waals surface area contributed by atoms with Crippen molar-refractivity contribution in [2.45, 2.75) is 26.1 Å². The lowest BCUT2D eigenvalue weighted by atomic mass is 10.0. The lowest BCUT2D eigenvalue weighted by molar-refractivity contribution is 0.0860. The van der Waals surface area contributed by atoms with Gasteiger partial charge in [0.25, 0.3) is 0 Å². The zero-order valence-electron chi connectivity index (χ0n) is 8.22. The summed E-state index contributed by atoms with van der Waals surface area (Å²) in [6, 6.07) is 5.66. The maximum Gasteiger partial charge on any atom is 0.235 e. The first kappa shape index (κ1) is 9.31. The summed E-state index contributed by atoms with van der Waals surface area (Å²) in [7, 11) is 0. The molecular formula is C11H14FNO. The van der Waals surface area contributed by atoms with Crippen LogP contribution in [0.5, 0.6) is 5.75 Å². The molecular weight excluding hydrogens is 181 g/mol. The van der Waals surface area contributed by atoms with Gasteiger partial charge >= 0.3 is 0 Å². The highest BCUT2D eigenvalue weighted by molar-refractivity contribution is 5.55. The number of hydrogen-bond donors (Lipinski definition) is 1. The van der Waals surface area contributed by atoms with Crippen molar-refractivity contribution in [1.82, 2.24) is 0 Å². The number of anilines is 1. The van der Waals surface area contributed by atoms with Crippen LogP contribution in [0.4, 0.5) is 10.1 Å². The number of hydrogen-bond acceptors (Lipinski definition) is 2. The van der Waals surface area contributed by atoms with E-state index in [2.05, 4.69) is 5.32 Å². The van der Waals surface area contributed by atoms with Gasteiger partial charge in [0, 0.05) is 19.2 Å². The van der Waals surface area contributed by atoms with Crippen molar-refractivity contribution in [1.29, 1.82) is 0 Å². The number of rotatable bonds is 2. The predicted octanol–water partition coefficient (Wildman–Crippen LogP) is 2.74. The van der Waals surface area contributed by atoms with E-state index in [9.17, 15) is 4.39 Å². The maximum absolute atomic E-state index is 12.6. The molecule has 0 fully saturated rings. The van der Waals surface area contributed by atoms with Crippen LogP contribution in [0.3, 0.4) is 0 Å². The molecule has 1 aliphatic heterocycles. The Bertz CT molecular complexity index is 325. The Morgan fingerprint density at radius 1 is 1.50 bits per heavy atom. The summed E-state index contributed by atoms with van der Waals surface area (Å²) in [5, 5.41) is 3.29. The zero-order chi connectivity index (χ0) is 9.97. The summed E-state index contributed by atoms with van der Waals surface area (Å²) >= 11 is 0. The first-order valence-electron chi connectivity index (χ1n) is 4.93. The first-order chi connectivity index (χ1) is 6.75. The summed E-state index contributed by atoms with van der Waals surface area (Å²) in [6.45, 7) is 2.41. The largest absolute Gasteiger partial charge is 0.461 e. The smallest absolute Gasteiger partial charge is 0.235 e. The van der Waals surface area contributed by atoms with Gasteiger partial charge < -0.3 is 10.1 Å². The molecule has 0 saturated carbocycles. The van der Waals surface area contributed by atoms with Crippen molar-refractivity contribution in [2.75, 3.05) is 11.9 Å². The number of fused-ring (bicyclic) bond motifs is 1. The molecule has 2 rings (SSSR count). The van der Waals surface area contributed by atoms with E-state index in [0.717, 1.165) is 25.1 Å². The van der Waals surface area contributed by atoms with Crippen molar-refractivity contribution < 1.29 is 9.13 Å². The molecule has 0 aliphatic carbocycles. The number of aryl methyl sites for hydroxylation is 1. The molecule has 0 saturated heterocycles. The van der Waals surface area contributed by atoms with E-state index in [4.69, 9.17) is 4.74 Å². The third-order valence-corrected chi connectivity index (χ3v) is 2.31. The zero-order valence-corrected chi connectivity index (χ0v) is 8.22. The highest BCUT2D eigenvalue weighted by Gasteiger charge is 2.09. The fraction of sp³-hybridized carbons (Fsp3) is 0.455. The van der Waals surface area contributed by atoms with E-state index in [1.165, 1.54) is 12.5 Å². The van der Waals surface area contributed by atoms with Crippen LogP contribution in [-0.2, 0) is 6.42 Å². The van der Waals surface area contributed by atoms with Crippen LogP contribution in [0.15, 0.2) is 18.2 Å². The molecule has 0 aromatic heterocycles. The van der Waals surface area contributed by atoms with Gasteiger partial charge in [-0.2, -0.15) is 0 Å². The molecule has 0 spiro atoms. The van der Waals surface area contributed by atoms with Gasteiger partial charge in [0.1, 0.15) is 5.75 Å². The summed E-state index contributed by atoms with van der Waals surface area (Å²) in [5.74, 6) is 0.613. The topological polar surface area (TPSA) is 21.3 Å². The maximum atomic E-state index is 12.6. The summed E-state index contributed by atoms with van der Waals surface area (Å²) in [4.78, 5) is 0. The van der Waals surface area contributed by atoms with Gasteiger partial charge in [-0.15, -0.1) is 0 Å². The number of alkyl halides is 1. The molecule has 1 aromatic rings. The predicted molar refractivity (Wildman–Crippen MR) is 54.5 cm³/mol. The van der Waals surface area contributed by atoms with E-state index >= 15 is 0 Å². The van der Waals surface area contributed by atoms with Crippen LogP contribution in [0.1, 0.15) is 18.9 Å². The number of benzene rings is 1. The Labute approximate surface area is 83.1 Å². The van der Waals surface area contributed by atoms with Crippen LogP contribution in [0.2, 0.25) is 0 Å². The second kappa shape index (κ2) is 3.86. The molecule has 0 radical (unpaired) electrons. The Morgan fingerprint density at radius 3 is 3.14 bits per heavy atom. The number of halogens is 1. The number of ether oxygens (including phenoxy) is 1. The molecule has 0 bridgehead atoms. The normalized spacial score (nSPS) is 16.7. The quantitative estimate of drug-likeness (QED) is 0.783. The van der Waals surface area contributed by atoms with Crippen LogP contribution in [0.25, 0.3) is 0 Å². The van der Waals surface area contributed by atoms with Crippen LogP contribution < -0.4 is 10.1 Å². The van der Waals surface area contributed by atoms with E-state index in [0.29, 0.717) is 5.75 Å². The van der Waals surface area contributed by atoms with Gasteiger partial charge in [-0.1, -0.05) is 0 Å². The first-order valence-corrected chi connectivity index (χ1v) is 4.93. The van der Waals surface area contributed by atoms with E-state index in [1.807, 2.05) is 12.1 Å². The summed E-state index contributed by atoms with van der Waals surface area (Å²) in [5.41, 5.74) is 2.37. The van der Waals surface area contributed by atoms with Gasteiger partial charge in [-0.25, -0.2) is 4.39 Å². The van der Waals surface area contributed by atoms with Crippen molar-refractivity contribution in [3.05, 3.63) is 23.8 Å². The van der Waals surface area contributed by atoms with Gasteiger partial charge in [-0.3, -0.25) is 0 Å².